The van der Waals surface area contributed by atoms with E-state index in [1.165, 1.54) is 12.7 Å². The van der Waals surface area contributed by atoms with Crippen molar-refractivity contribution in [3.05, 3.63) is 152 Å². The average Bonchev–Trinajstić information content (AvgIpc) is 3.76. The Bertz CT molecular complexity index is 2970. The van der Waals surface area contributed by atoms with Gasteiger partial charge in [-0.25, -0.2) is 24.9 Å². The van der Waals surface area contributed by atoms with Crippen LogP contribution in [0.15, 0.2) is 152 Å². The molecule has 0 saturated carbocycles. The molecule has 0 fully saturated rings. The van der Waals surface area contributed by atoms with Crippen LogP contribution in [0, 0.1) is 0 Å². The molecule has 5 aromatic heterocycles. The third kappa shape index (κ3) is 6.96. The maximum absolute atomic E-state index is 6.67. The summed E-state index contributed by atoms with van der Waals surface area (Å²) in [5, 5.41) is 4.38. The Morgan fingerprint density at radius 2 is 0.867 bits per heavy atom. The number of fused-ring (bicyclic) bond motifs is 6. The third-order valence-corrected chi connectivity index (χ3v) is 10.0. The van der Waals surface area contributed by atoms with Crippen molar-refractivity contribution < 1.29 is 18.9 Å². The molecule has 11 heteroatoms. The lowest BCUT2D eigenvalue weighted by Gasteiger charge is -2.13. The fourth-order valence-corrected chi connectivity index (χ4v) is 7.69. The van der Waals surface area contributed by atoms with Gasteiger partial charge in [0.15, 0.2) is 5.82 Å². The number of nitrogens with zero attached hydrogens (tertiary/aromatic N) is 7. The molecule has 294 valence electrons. The van der Waals surface area contributed by atoms with E-state index in [0.717, 1.165) is 66.7 Å². The summed E-state index contributed by atoms with van der Waals surface area (Å²) in [5.74, 6) is 5.81. The van der Waals surface area contributed by atoms with Gasteiger partial charge in [-0.15, -0.1) is 0 Å². The van der Waals surface area contributed by atoms with Gasteiger partial charge in [-0.3, -0.25) is 9.13 Å². The van der Waals surface area contributed by atoms with Crippen LogP contribution in [-0.4, -0.2) is 46.3 Å². The average molecular weight is 790 g/mol. The summed E-state index contributed by atoms with van der Waals surface area (Å²) in [7, 11) is 0. The van der Waals surface area contributed by atoms with E-state index in [1.807, 2.05) is 119 Å². The second kappa shape index (κ2) is 15.2. The lowest BCUT2D eigenvalue weighted by Crippen LogP contribution is -2.06. The van der Waals surface area contributed by atoms with E-state index < -0.39 is 0 Å². The van der Waals surface area contributed by atoms with Crippen molar-refractivity contribution in [1.82, 2.24) is 34.1 Å². The summed E-state index contributed by atoms with van der Waals surface area (Å²) in [6.07, 6.45) is 6.57. The Balaban J connectivity index is 1.03. The summed E-state index contributed by atoms with van der Waals surface area (Å²) in [4.78, 5) is 22.5. The standard InChI is InChI=1S/C49H39N7O4/c1-30(2)57-35-15-19-47(51-26-35)55-43-11-7-5-9-39(43)41-17-13-33(24-45(41)55)59-37-21-32(49-53-28-50-29-54-49)22-38(23-37)60-34-14-18-42-40-10-6-8-12-44(40)56(46(42)25-34)48-20-16-36(27-52-48)58-31(3)4/h5-31H,1-4H3. The van der Waals surface area contributed by atoms with Gasteiger partial charge in [0.25, 0.3) is 0 Å². The molecule has 5 aromatic carbocycles. The largest absolute Gasteiger partial charge is 0.489 e. The van der Waals surface area contributed by atoms with Crippen molar-refractivity contribution in [2.45, 2.75) is 39.9 Å². The number of aromatic nitrogens is 7. The summed E-state index contributed by atoms with van der Waals surface area (Å²) in [6.45, 7) is 8.00. The molecular weight excluding hydrogens is 751 g/mol. The van der Waals surface area contributed by atoms with Gasteiger partial charge in [-0.1, -0.05) is 36.4 Å². The third-order valence-electron chi connectivity index (χ3n) is 10.0. The number of pyridine rings is 2. The first-order chi connectivity index (χ1) is 29.3. The van der Waals surface area contributed by atoms with Crippen LogP contribution >= 0.6 is 0 Å². The smallest absolute Gasteiger partial charge is 0.162 e. The zero-order chi connectivity index (χ0) is 40.7. The van der Waals surface area contributed by atoms with Crippen molar-refractivity contribution in [3.8, 4) is 57.5 Å². The molecule has 11 nitrogen and oxygen atoms in total. The predicted molar refractivity (Wildman–Crippen MR) is 234 cm³/mol. The monoisotopic (exact) mass is 789 g/mol. The SMILES string of the molecule is CC(C)Oc1ccc(-n2c3ccccc3c3ccc(Oc4cc(Oc5ccc6c7ccccc7n(-c7ccc(OC(C)C)cn7)c6c5)cc(-c5ncncn5)c4)cc32)nc1. The van der Waals surface area contributed by atoms with E-state index in [2.05, 4.69) is 60.5 Å². The van der Waals surface area contributed by atoms with E-state index in [1.54, 1.807) is 12.4 Å². The summed E-state index contributed by atoms with van der Waals surface area (Å²) < 4.78 is 29.4. The number of hydrogen-bond donors (Lipinski definition) is 0. The Morgan fingerprint density at radius 1 is 0.417 bits per heavy atom. The number of rotatable bonds is 11. The Kier molecular flexibility index (Phi) is 9.25. The topological polar surface area (TPSA) is 111 Å². The molecule has 0 atom stereocenters. The highest BCUT2D eigenvalue weighted by Crippen LogP contribution is 2.39. The van der Waals surface area contributed by atoms with Crippen LogP contribution in [0.5, 0.6) is 34.5 Å². The van der Waals surface area contributed by atoms with E-state index in [-0.39, 0.29) is 12.2 Å². The lowest BCUT2D eigenvalue weighted by atomic mass is 10.1. The second-order valence-corrected chi connectivity index (χ2v) is 15.0. The van der Waals surface area contributed by atoms with Crippen molar-refractivity contribution >= 4 is 43.6 Å². The van der Waals surface area contributed by atoms with Crippen LogP contribution in [0.4, 0.5) is 0 Å². The molecule has 60 heavy (non-hydrogen) atoms. The molecule has 0 spiro atoms. The molecular formula is C49H39N7O4. The second-order valence-electron chi connectivity index (χ2n) is 15.0. The van der Waals surface area contributed by atoms with Crippen LogP contribution in [0.1, 0.15) is 27.7 Å². The first-order valence-electron chi connectivity index (χ1n) is 19.8. The number of para-hydroxylation sites is 2. The highest BCUT2D eigenvalue weighted by atomic mass is 16.5. The fraction of sp³-hybridized carbons (Fsp3) is 0.122. The zero-order valence-corrected chi connectivity index (χ0v) is 33.4. The molecule has 0 saturated heterocycles. The molecule has 0 N–H and O–H groups in total. The molecule has 10 rings (SSSR count). The normalized spacial score (nSPS) is 11.6. The molecule has 0 aliphatic rings. The highest BCUT2D eigenvalue weighted by molar-refractivity contribution is 6.10. The van der Waals surface area contributed by atoms with Gasteiger partial charge in [-0.05, 0) is 100 Å². The maximum atomic E-state index is 6.67. The van der Waals surface area contributed by atoms with Crippen LogP contribution < -0.4 is 18.9 Å². The molecule has 10 aromatic rings. The van der Waals surface area contributed by atoms with E-state index in [9.17, 15) is 0 Å². The molecule has 0 unspecified atom stereocenters. The maximum Gasteiger partial charge on any atom is 0.162 e. The molecule has 0 radical (unpaired) electrons. The highest BCUT2D eigenvalue weighted by Gasteiger charge is 2.18. The first kappa shape index (κ1) is 36.5. The minimum atomic E-state index is 0.0495. The van der Waals surface area contributed by atoms with Crippen LogP contribution in [0.2, 0.25) is 0 Å². The van der Waals surface area contributed by atoms with Gasteiger partial charge in [-0.2, -0.15) is 0 Å². The summed E-state index contributed by atoms with van der Waals surface area (Å²) >= 11 is 0. The van der Waals surface area contributed by atoms with E-state index in [4.69, 9.17) is 28.9 Å². The number of benzene rings is 5. The molecule has 0 aliphatic carbocycles. The van der Waals surface area contributed by atoms with Crippen molar-refractivity contribution in [1.29, 1.82) is 0 Å². The number of hydrogen-bond acceptors (Lipinski definition) is 9. The van der Waals surface area contributed by atoms with Crippen LogP contribution in [0.3, 0.4) is 0 Å². The Labute approximate surface area is 345 Å². The minimum Gasteiger partial charge on any atom is -0.489 e. The van der Waals surface area contributed by atoms with Gasteiger partial charge >= 0.3 is 0 Å². The van der Waals surface area contributed by atoms with E-state index >= 15 is 0 Å². The minimum absolute atomic E-state index is 0.0495. The van der Waals surface area contributed by atoms with Gasteiger partial charge in [0, 0.05) is 45.3 Å². The van der Waals surface area contributed by atoms with E-state index in [0.29, 0.717) is 34.4 Å². The molecule has 0 amide bonds. The molecule has 0 aliphatic heterocycles. The van der Waals surface area contributed by atoms with Crippen LogP contribution in [-0.2, 0) is 0 Å². The fourth-order valence-electron chi connectivity index (χ4n) is 7.69. The van der Waals surface area contributed by atoms with Crippen LogP contribution in [0.25, 0.3) is 66.6 Å². The Morgan fingerprint density at radius 3 is 1.32 bits per heavy atom. The van der Waals surface area contributed by atoms with Gasteiger partial charge < -0.3 is 18.9 Å². The van der Waals surface area contributed by atoms with Crippen molar-refractivity contribution in [2.75, 3.05) is 0 Å². The first-order valence-corrected chi connectivity index (χ1v) is 19.8. The van der Waals surface area contributed by atoms with Gasteiger partial charge in [0.05, 0.1) is 46.7 Å². The summed E-state index contributed by atoms with van der Waals surface area (Å²) in [6, 6.07) is 42.3. The van der Waals surface area contributed by atoms with Gasteiger partial charge in [0.2, 0.25) is 0 Å². The van der Waals surface area contributed by atoms with Crippen molar-refractivity contribution in [3.63, 3.8) is 0 Å². The predicted octanol–water partition coefficient (Wildman–Crippen LogP) is 11.7. The lowest BCUT2D eigenvalue weighted by molar-refractivity contribution is 0.241. The van der Waals surface area contributed by atoms with Gasteiger partial charge in [0.1, 0.15) is 58.8 Å². The molecule has 0 bridgehead atoms. The summed E-state index contributed by atoms with van der Waals surface area (Å²) in [5.41, 5.74) is 4.67. The Hall–Kier alpha value is -7.79. The zero-order valence-electron chi connectivity index (χ0n) is 33.4. The number of ether oxygens (including phenoxy) is 4. The molecule has 5 heterocycles. The van der Waals surface area contributed by atoms with Crippen molar-refractivity contribution in [2.24, 2.45) is 0 Å². The quantitative estimate of drug-likeness (QED) is 0.126.